The van der Waals surface area contributed by atoms with E-state index in [9.17, 15) is 15.1 Å². The summed E-state index contributed by atoms with van der Waals surface area (Å²) in [4.78, 5) is 10.9. The molecule has 0 aromatic rings. The Kier molecular flexibility index (Phi) is 3.07. The summed E-state index contributed by atoms with van der Waals surface area (Å²) in [5, 5.41) is 19.9. The number of hydroxylamine groups is 2. The zero-order valence-corrected chi connectivity index (χ0v) is 8.95. The van der Waals surface area contributed by atoms with Crippen LogP contribution in [0.2, 0.25) is 0 Å². The molecule has 0 radical (unpaired) electrons. The van der Waals surface area contributed by atoms with Crippen LogP contribution in [0, 0.1) is 0 Å². The SMILES string of the molecule is O=C1C=C/C(=C\C=C2/C=CC=CN2O)C(O)=C1. The van der Waals surface area contributed by atoms with Gasteiger partial charge in [-0.2, -0.15) is 0 Å². The number of allylic oxidation sites excluding steroid dienone is 8. The van der Waals surface area contributed by atoms with Gasteiger partial charge in [0.1, 0.15) is 5.76 Å². The summed E-state index contributed by atoms with van der Waals surface area (Å²) in [5.41, 5.74) is 1.09. The van der Waals surface area contributed by atoms with Crippen LogP contribution in [0.25, 0.3) is 0 Å². The minimum atomic E-state index is -0.239. The molecule has 0 fully saturated rings. The smallest absolute Gasteiger partial charge is 0.182 e. The van der Waals surface area contributed by atoms with Gasteiger partial charge in [0, 0.05) is 17.8 Å². The lowest BCUT2D eigenvalue weighted by atomic mass is 10.1. The van der Waals surface area contributed by atoms with Crippen molar-refractivity contribution in [1.82, 2.24) is 5.06 Å². The van der Waals surface area contributed by atoms with Crippen LogP contribution in [-0.2, 0) is 4.79 Å². The monoisotopic (exact) mass is 229 g/mol. The van der Waals surface area contributed by atoms with Gasteiger partial charge in [-0.1, -0.05) is 6.08 Å². The number of carbonyl (C=O) groups excluding carboxylic acids is 1. The number of nitrogens with zero attached hydrogens (tertiary/aromatic N) is 1. The number of rotatable bonds is 1. The van der Waals surface area contributed by atoms with E-state index >= 15 is 0 Å². The molecule has 1 aliphatic carbocycles. The Labute approximate surface area is 98.4 Å². The maximum absolute atomic E-state index is 10.9. The molecule has 0 saturated carbocycles. The second kappa shape index (κ2) is 4.67. The molecule has 86 valence electrons. The third-order valence-corrected chi connectivity index (χ3v) is 2.31. The molecular weight excluding hydrogens is 218 g/mol. The second-order valence-electron chi connectivity index (χ2n) is 3.52. The fourth-order valence-corrected chi connectivity index (χ4v) is 1.42. The summed E-state index contributed by atoms with van der Waals surface area (Å²) in [6.07, 6.45) is 14.0. The molecule has 17 heavy (non-hydrogen) atoms. The van der Waals surface area contributed by atoms with Crippen molar-refractivity contribution < 1.29 is 15.1 Å². The van der Waals surface area contributed by atoms with Crippen molar-refractivity contribution in [3.05, 3.63) is 71.8 Å². The molecule has 0 spiro atoms. The van der Waals surface area contributed by atoms with Crippen molar-refractivity contribution in [2.75, 3.05) is 0 Å². The van der Waals surface area contributed by atoms with Crippen molar-refractivity contribution in [3.8, 4) is 0 Å². The normalized spacial score (nSPS) is 23.7. The van der Waals surface area contributed by atoms with Crippen molar-refractivity contribution >= 4 is 5.78 Å². The van der Waals surface area contributed by atoms with Crippen molar-refractivity contribution in [3.63, 3.8) is 0 Å². The quantitative estimate of drug-likeness (QED) is 0.723. The lowest BCUT2D eigenvalue weighted by molar-refractivity contribution is -0.110. The molecular formula is C13H11NO3. The highest BCUT2D eigenvalue weighted by Gasteiger charge is 2.08. The van der Waals surface area contributed by atoms with Gasteiger partial charge in [-0.25, -0.2) is 5.06 Å². The van der Waals surface area contributed by atoms with E-state index in [0.717, 1.165) is 11.1 Å². The molecule has 0 aromatic carbocycles. The minimum absolute atomic E-state index is 0.0748. The molecule has 0 aromatic heterocycles. The van der Waals surface area contributed by atoms with Crippen LogP contribution in [0.5, 0.6) is 0 Å². The third kappa shape index (κ3) is 2.62. The highest BCUT2D eigenvalue weighted by molar-refractivity contribution is 6.01. The predicted molar refractivity (Wildman–Crippen MR) is 62.9 cm³/mol. The number of aliphatic hydroxyl groups is 1. The van der Waals surface area contributed by atoms with Gasteiger partial charge in [0.15, 0.2) is 5.78 Å². The van der Waals surface area contributed by atoms with Crippen LogP contribution in [0.15, 0.2) is 71.8 Å². The minimum Gasteiger partial charge on any atom is -0.507 e. The fraction of sp³-hybridized carbons (Fsp3) is 0. The van der Waals surface area contributed by atoms with Gasteiger partial charge in [0.05, 0.1) is 5.70 Å². The summed E-state index contributed by atoms with van der Waals surface area (Å²) < 4.78 is 0. The molecule has 2 aliphatic rings. The molecule has 0 saturated heterocycles. The molecule has 0 unspecified atom stereocenters. The molecule has 2 rings (SSSR count). The Morgan fingerprint density at radius 2 is 1.94 bits per heavy atom. The van der Waals surface area contributed by atoms with Crippen LogP contribution >= 0.6 is 0 Å². The average Bonchev–Trinajstić information content (AvgIpc) is 2.30. The van der Waals surface area contributed by atoms with Gasteiger partial charge in [0.2, 0.25) is 0 Å². The second-order valence-corrected chi connectivity index (χ2v) is 3.52. The first-order valence-electron chi connectivity index (χ1n) is 5.05. The molecule has 1 aliphatic heterocycles. The fourth-order valence-electron chi connectivity index (χ4n) is 1.42. The predicted octanol–water partition coefficient (Wildman–Crippen LogP) is 2.15. The van der Waals surface area contributed by atoms with Gasteiger partial charge in [-0.05, 0) is 36.5 Å². The molecule has 4 nitrogen and oxygen atoms in total. The van der Waals surface area contributed by atoms with E-state index in [1.54, 1.807) is 30.4 Å². The number of carbonyl (C=O) groups is 1. The summed E-state index contributed by atoms with van der Waals surface area (Å²) in [7, 11) is 0. The third-order valence-electron chi connectivity index (χ3n) is 2.31. The molecule has 0 bridgehead atoms. The largest absolute Gasteiger partial charge is 0.507 e. The molecule has 4 heteroatoms. The average molecular weight is 229 g/mol. The van der Waals surface area contributed by atoms with Gasteiger partial charge >= 0.3 is 0 Å². The zero-order chi connectivity index (χ0) is 12.3. The van der Waals surface area contributed by atoms with Gasteiger partial charge in [-0.15, -0.1) is 0 Å². The number of ketones is 1. The lowest BCUT2D eigenvalue weighted by Crippen LogP contribution is -2.10. The Morgan fingerprint density at radius 3 is 2.65 bits per heavy atom. The molecule has 0 atom stereocenters. The highest BCUT2D eigenvalue weighted by atomic mass is 16.5. The van der Waals surface area contributed by atoms with E-state index in [0.29, 0.717) is 11.3 Å². The van der Waals surface area contributed by atoms with E-state index in [4.69, 9.17) is 0 Å². The molecule has 1 heterocycles. The van der Waals surface area contributed by atoms with E-state index in [1.165, 1.54) is 18.4 Å². The van der Waals surface area contributed by atoms with E-state index in [2.05, 4.69) is 0 Å². The highest BCUT2D eigenvalue weighted by Crippen LogP contribution is 2.16. The number of aliphatic hydroxyl groups excluding tert-OH is 1. The van der Waals surface area contributed by atoms with Crippen molar-refractivity contribution in [2.24, 2.45) is 0 Å². The summed E-state index contributed by atoms with van der Waals surface area (Å²) in [6, 6.07) is 0. The van der Waals surface area contributed by atoms with Gasteiger partial charge in [0.25, 0.3) is 0 Å². The summed E-state index contributed by atoms with van der Waals surface area (Å²) in [6.45, 7) is 0. The van der Waals surface area contributed by atoms with E-state index < -0.39 is 0 Å². The van der Waals surface area contributed by atoms with Crippen LogP contribution in [0.4, 0.5) is 0 Å². The van der Waals surface area contributed by atoms with Crippen molar-refractivity contribution in [2.45, 2.75) is 0 Å². The van der Waals surface area contributed by atoms with Crippen LogP contribution in [-0.4, -0.2) is 21.2 Å². The van der Waals surface area contributed by atoms with Crippen molar-refractivity contribution in [1.29, 1.82) is 0 Å². The zero-order valence-electron chi connectivity index (χ0n) is 8.95. The lowest BCUT2D eigenvalue weighted by Gasteiger charge is -2.14. The van der Waals surface area contributed by atoms with Gasteiger partial charge in [-0.3, -0.25) is 10.0 Å². The Bertz CT molecular complexity index is 519. The van der Waals surface area contributed by atoms with E-state index in [1.807, 2.05) is 0 Å². The summed E-state index contributed by atoms with van der Waals surface area (Å²) in [5.74, 6) is -0.314. The maximum atomic E-state index is 10.9. The molecule has 0 amide bonds. The Morgan fingerprint density at radius 1 is 1.12 bits per heavy atom. The first-order valence-corrected chi connectivity index (χ1v) is 5.05. The maximum Gasteiger partial charge on any atom is 0.182 e. The molecule has 2 N–H and O–H groups in total. The Hall–Kier alpha value is -2.33. The Balaban J connectivity index is 2.21. The van der Waals surface area contributed by atoms with Crippen LogP contribution < -0.4 is 0 Å². The van der Waals surface area contributed by atoms with E-state index in [-0.39, 0.29) is 11.5 Å². The topological polar surface area (TPSA) is 60.8 Å². The first kappa shape index (κ1) is 11.2. The summed E-state index contributed by atoms with van der Waals surface area (Å²) >= 11 is 0. The number of hydrogen-bond acceptors (Lipinski definition) is 4. The number of hydrogen-bond donors (Lipinski definition) is 2. The van der Waals surface area contributed by atoms with Gasteiger partial charge < -0.3 is 5.11 Å². The first-order chi connectivity index (χ1) is 8.16. The van der Waals surface area contributed by atoms with Crippen LogP contribution in [0.1, 0.15) is 0 Å². The standard InChI is InChI=1S/C13H11NO3/c15-12-7-5-10(13(16)9-12)4-6-11-3-1-2-8-14(11)17/h1-9,16-17H/b10-4+,11-6+. The van der Waals surface area contributed by atoms with Crippen LogP contribution in [0.3, 0.4) is 0 Å².